The second-order valence-electron chi connectivity index (χ2n) is 5.95. The molecule has 0 saturated carbocycles. The Balaban J connectivity index is 1.62. The predicted octanol–water partition coefficient (Wildman–Crippen LogP) is 4.91. The molecule has 0 aliphatic heterocycles. The average Bonchev–Trinajstić information content (AvgIpc) is 3.08. The number of rotatable bonds is 3. The third kappa shape index (κ3) is 3.03. The minimum atomic E-state index is -0.323. The van der Waals surface area contributed by atoms with E-state index in [4.69, 9.17) is 4.74 Å². The van der Waals surface area contributed by atoms with Crippen molar-refractivity contribution in [2.75, 3.05) is 12.4 Å². The second kappa shape index (κ2) is 6.33. The molecule has 3 aromatic rings. The molecule has 126 valence electrons. The number of hydrogen-bond donors (Lipinski definition) is 1. The van der Waals surface area contributed by atoms with Gasteiger partial charge in [-0.3, -0.25) is 4.79 Å². The minimum absolute atomic E-state index is 0.166. The standard InChI is InChI=1S/C20H16FNO2S/c1-24-16-8-9-17-12(10-16)2-3-13-11-18(25-19(13)17)20(23)22-15-6-4-14(21)5-7-15/h4-11H,2-3H2,1H3,(H,22,23). The number of halogens is 1. The first-order valence-corrected chi connectivity index (χ1v) is 8.82. The quantitative estimate of drug-likeness (QED) is 0.726. The van der Waals surface area contributed by atoms with Crippen LogP contribution in [-0.2, 0) is 12.8 Å². The van der Waals surface area contributed by atoms with Crippen molar-refractivity contribution in [1.82, 2.24) is 0 Å². The molecule has 2 aromatic carbocycles. The number of carbonyl (C=O) groups is 1. The number of fused-ring (bicyclic) bond motifs is 3. The van der Waals surface area contributed by atoms with Crippen LogP contribution >= 0.6 is 11.3 Å². The molecular formula is C20H16FNO2S. The van der Waals surface area contributed by atoms with Crippen LogP contribution in [0.4, 0.5) is 10.1 Å². The molecule has 5 heteroatoms. The molecule has 4 rings (SSSR count). The third-order valence-electron chi connectivity index (χ3n) is 4.36. The molecule has 0 spiro atoms. The van der Waals surface area contributed by atoms with Gasteiger partial charge in [0.25, 0.3) is 5.91 Å². The summed E-state index contributed by atoms with van der Waals surface area (Å²) in [6.07, 6.45) is 1.85. The van der Waals surface area contributed by atoms with E-state index in [9.17, 15) is 9.18 Å². The molecule has 3 nitrogen and oxygen atoms in total. The lowest BCUT2D eigenvalue weighted by molar-refractivity contribution is 0.103. The smallest absolute Gasteiger partial charge is 0.265 e. The zero-order valence-electron chi connectivity index (χ0n) is 13.6. The lowest BCUT2D eigenvalue weighted by atomic mass is 9.91. The molecule has 1 heterocycles. The molecule has 0 unspecified atom stereocenters. The number of hydrogen-bond acceptors (Lipinski definition) is 3. The number of carbonyl (C=O) groups excluding carboxylic acids is 1. The van der Waals surface area contributed by atoms with Gasteiger partial charge in [0.2, 0.25) is 0 Å². The minimum Gasteiger partial charge on any atom is -0.497 e. The summed E-state index contributed by atoms with van der Waals surface area (Å²) in [5.41, 5.74) is 4.21. The van der Waals surface area contributed by atoms with Gasteiger partial charge in [-0.1, -0.05) is 0 Å². The van der Waals surface area contributed by atoms with E-state index in [1.165, 1.54) is 40.2 Å². The maximum atomic E-state index is 13.0. The molecule has 0 bridgehead atoms. The van der Waals surface area contributed by atoms with E-state index in [-0.39, 0.29) is 11.7 Å². The van der Waals surface area contributed by atoms with Crippen LogP contribution in [0.3, 0.4) is 0 Å². The third-order valence-corrected chi connectivity index (χ3v) is 5.56. The maximum Gasteiger partial charge on any atom is 0.265 e. The summed E-state index contributed by atoms with van der Waals surface area (Å²) in [5.74, 6) is 0.366. The Bertz CT molecular complexity index is 947. The summed E-state index contributed by atoms with van der Waals surface area (Å²) in [6, 6.07) is 13.8. The van der Waals surface area contributed by atoms with Gasteiger partial charge in [0.1, 0.15) is 11.6 Å². The van der Waals surface area contributed by atoms with Crippen LogP contribution in [0, 0.1) is 5.82 Å². The van der Waals surface area contributed by atoms with Crippen molar-refractivity contribution in [2.45, 2.75) is 12.8 Å². The molecule has 0 atom stereocenters. The van der Waals surface area contributed by atoms with E-state index in [0.717, 1.165) is 23.5 Å². The summed E-state index contributed by atoms with van der Waals surface area (Å²) in [7, 11) is 1.67. The molecular weight excluding hydrogens is 337 g/mol. The Labute approximate surface area is 149 Å². The highest BCUT2D eigenvalue weighted by Gasteiger charge is 2.22. The number of aryl methyl sites for hydroxylation is 2. The molecule has 0 fully saturated rings. The Kier molecular flexibility index (Phi) is 4.01. The molecule has 0 radical (unpaired) electrons. The van der Waals surface area contributed by atoms with Crippen molar-refractivity contribution in [3.8, 4) is 16.2 Å². The Morgan fingerprint density at radius 3 is 2.60 bits per heavy atom. The molecule has 1 amide bonds. The fraction of sp³-hybridized carbons (Fsp3) is 0.150. The molecule has 1 aliphatic carbocycles. The van der Waals surface area contributed by atoms with Crippen LogP contribution in [0.1, 0.15) is 20.8 Å². The van der Waals surface area contributed by atoms with Crippen LogP contribution in [0.15, 0.2) is 48.5 Å². The monoisotopic (exact) mass is 353 g/mol. The van der Waals surface area contributed by atoms with Gasteiger partial charge in [-0.25, -0.2) is 4.39 Å². The van der Waals surface area contributed by atoms with Crippen LogP contribution in [-0.4, -0.2) is 13.0 Å². The van der Waals surface area contributed by atoms with Crippen molar-refractivity contribution < 1.29 is 13.9 Å². The lowest BCUT2D eigenvalue weighted by Crippen LogP contribution is -2.10. The SMILES string of the molecule is COc1ccc2c(c1)CCc1cc(C(=O)Nc3ccc(F)cc3)sc1-2. The molecule has 1 aromatic heterocycles. The Morgan fingerprint density at radius 1 is 1.08 bits per heavy atom. The van der Waals surface area contributed by atoms with Crippen LogP contribution < -0.4 is 10.1 Å². The Morgan fingerprint density at radius 2 is 1.84 bits per heavy atom. The second-order valence-corrected chi connectivity index (χ2v) is 7.00. The van der Waals surface area contributed by atoms with Gasteiger partial charge < -0.3 is 10.1 Å². The summed E-state index contributed by atoms with van der Waals surface area (Å²) < 4.78 is 18.3. The average molecular weight is 353 g/mol. The molecule has 25 heavy (non-hydrogen) atoms. The maximum absolute atomic E-state index is 13.0. The highest BCUT2D eigenvalue weighted by Crippen LogP contribution is 2.40. The topological polar surface area (TPSA) is 38.3 Å². The number of thiophene rings is 1. The largest absolute Gasteiger partial charge is 0.497 e. The normalized spacial score (nSPS) is 12.2. The Hall–Kier alpha value is -2.66. The number of benzene rings is 2. The number of nitrogens with one attached hydrogen (secondary N) is 1. The highest BCUT2D eigenvalue weighted by molar-refractivity contribution is 7.17. The first-order chi connectivity index (χ1) is 12.1. The van der Waals surface area contributed by atoms with E-state index in [1.807, 2.05) is 12.1 Å². The number of amides is 1. The van der Waals surface area contributed by atoms with Crippen molar-refractivity contribution in [3.05, 3.63) is 70.4 Å². The predicted molar refractivity (Wildman–Crippen MR) is 98.1 cm³/mol. The number of methoxy groups -OCH3 is 1. The van der Waals surface area contributed by atoms with Gasteiger partial charge in [0.15, 0.2) is 0 Å². The van der Waals surface area contributed by atoms with Crippen molar-refractivity contribution in [3.63, 3.8) is 0 Å². The fourth-order valence-electron chi connectivity index (χ4n) is 3.07. The molecule has 0 saturated heterocycles. The van der Waals surface area contributed by atoms with Crippen LogP contribution in [0.5, 0.6) is 5.75 Å². The summed E-state index contributed by atoms with van der Waals surface area (Å²) >= 11 is 1.50. The van der Waals surface area contributed by atoms with Gasteiger partial charge in [-0.05, 0) is 78.1 Å². The summed E-state index contributed by atoms with van der Waals surface area (Å²) in [6.45, 7) is 0. The van der Waals surface area contributed by atoms with Gasteiger partial charge in [0, 0.05) is 10.6 Å². The fourth-order valence-corrected chi connectivity index (χ4v) is 4.24. The van der Waals surface area contributed by atoms with Crippen molar-refractivity contribution >= 4 is 22.9 Å². The first kappa shape index (κ1) is 15.8. The van der Waals surface area contributed by atoms with E-state index in [2.05, 4.69) is 17.4 Å². The van der Waals surface area contributed by atoms with Crippen molar-refractivity contribution in [2.24, 2.45) is 0 Å². The molecule has 1 aliphatic rings. The zero-order chi connectivity index (χ0) is 17.4. The van der Waals surface area contributed by atoms with Gasteiger partial charge in [-0.15, -0.1) is 11.3 Å². The lowest BCUT2D eigenvalue weighted by Gasteiger charge is -2.16. The first-order valence-electron chi connectivity index (χ1n) is 8.01. The summed E-state index contributed by atoms with van der Waals surface area (Å²) in [5, 5.41) is 2.82. The number of ether oxygens (including phenoxy) is 1. The van der Waals surface area contributed by atoms with E-state index < -0.39 is 0 Å². The van der Waals surface area contributed by atoms with Gasteiger partial charge in [-0.2, -0.15) is 0 Å². The van der Waals surface area contributed by atoms with E-state index >= 15 is 0 Å². The zero-order valence-corrected chi connectivity index (χ0v) is 14.5. The van der Waals surface area contributed by atoms with E-state index in [1.54, 1.807) is 19.2 Å². The van der Waals surface area contributed by atoms with Crippen LogP contribution in [0.25, 0.3) is 10.4 Å². The highest BCUT2D eigenvalue weighted by atomic mass is 32.1. The molecule has 1 N–H and O–H groups in total. The van der Waals surface area contributed by atoms with Crippen molar-refractivity contribution in [1.29, 1.82) is 0 Å². The summed E-state index contributed by atoms with van der Waals surface area (Å²) in [4.78, 5) is 14.3. The van der Waals surface area contributed by atoms with E-state index in [0.29, 0.717) is 10.6 Å². The van der Waals surface area contributed by atoms with Gasteiger partial charge >= 0.3 is 0 Å². The van der Waals surface area contributed by atoms with Crippen LogP contribution in [0.2, 0.25) is 0 Å². The number of anilines is 1. The van der Waals surface area contributed by atoms with Gasteiger partial charge in [0.05, 0.1) is 12.0 Å².